The van der Waals surface area contributed by atoms with Crippen molar-refractivity contribution in [2.75, 3.05) is 38.1 Å². The number of carbonyl (C=O) groups is 3. The average molecular weight is 495 g/mol. The van der Waals surface area contributed by atoms with Crippen molar-refractivity contribution in [2.24, 2.45) is 11.3 Å². The number of aromatic nitrogens is 3. The first-order valence-electron chi connectivity index (χ1n) is 12.2. The molecular weight excluding hydrogens is 464 g/mol. The lowest BCUT2D eigenvalue weighted by Gasteiger charge is -2.58. The van der Waals surface area contributed by atoms with E-state index in [1.807, 2.05) is 19.2 Å². The van der Waals surface area contributed by atoms with Crippen LogP contribution < -0.4 is 10.2 Å². The Hall–Kier alpha value is -3.88. The molecule has 3 aliphatic rings. The molecule has 190 valence electrons. The Morgan fingerprint density at radius 1 is 1.28 bits per heavy atom. The van der Waals surface area contributed by atoms with Crippen LogP contribution in [0.1, 0.15) is 32.6 Å². The number of carboxylic acid groups (broad SMARTS) is 1. The van der Waals surface area contributed by atoms with Gasteiger partial charge < -0.3 is 25.1 Å². The van der Waals surface area contributed by atoms with Crippen LogP contribution in [0.25, 0.3) is 11.0 Å². The van der Waals surface area contributed by atoms with E-state index in [4.69, 9.17) is 10.4 Å². The van der Waals surface area contributed by atoms with Gasteiger partial charge in [0.15, 0.2) is 5.65 Å². The van der Waals surface area contributed by atoms with E-state index in [0.717, 1.165) is 24.6 Å². The number of likely N-dealkylation sites (N-methyl/N-ethyl adjacent to an activating group) is 1. The lowest BCUT2D eigenvalue weighted by Crippen LogP contribution is -2.67. The fourth-order valence-corrected chi connectivity index (χ4v) is 6.06. The van der Waals surface area contributed by atoms with Crippen molar-refractivity contribution in [3.63, 3.8) is 0 Å². The maximum atomic E-state index is 13.2. The largest absolute Gasteiger partial charge is 0.465 e. The van der Waals surface area contributed by atoms with Gasteiger partial charge in [0, 0.05) is 50.9 Å². The van der Waals surface area contributed by atoms with Crippen LogP contribution in [0.2, 0.25) is 0 Å². The maximum Gasteiger partial charge on any atom is 0.404 e. The molecule has 2 N–H and O–H groups in total. The van der Waals surface area contributed by atoms with Crippen LogP contribution in [0, 0.1) is 22.7 Å². The number of nitrogens with one attached hydrogen (secondary N) is 1. The summed E-state index contributed by atoms with van der Waals surface area (Å²) in [4.78, 5) is 50.9. The molecule has 2 atom stereocenters. The number of hydrogen-bond donors (Lipinski definition) is 2. The summed E-state index contributed by atoms with van der Waals surface area (Å²) in [7, 11) is 1.94. The molecule has 2 aliphatic heterocycles. The van der Waals surface area contributed by atoms with Crippen LogP contribution in [0.5, 0.6) is 0 Å². The summed E-state index contributed by atoms with van der Waals surface area (Å²) in [5.41, 5.74) is 0.538. The molecule has 0 unspecified atom stereocenters. The molecule has 1 aliphatic carbocycles. The molecule has 1 saturated carbocycles. The third kappa shape index (κ3) is 4.08. The molecule has 0 aromatic carbocycles. The topological polar surface area (TPSA) is 148 Å². The van der Waals surface area contributed by atoms with Gasteiger partial charge in [-0.3, -0.25) is 9.36 Å². The standard InChI is InChI=1S/C24H30N8O4/c1-15-4-7-30(19(33)3-6-25)11-18(15)29(2)20-17-5-8-32(21(17)27-14-26-20)23(36)31-12-24(13-31)9-16(10-24)28-22(34)35/h5,8,14-16,18,28H,3-4,7,9-13H2,1-2H3,(H,34,35)/t15-,18+/m1/s1. The highest BCUT2D eigenvalue weighted by atomic mass is 16.4. The van der Waals surface area contributed by atoms with E-state index in [1.165, 1.54) is 6.33 Å². The van der Waals surface area contributed by atoms with Gasteiger partial charge in [-0.05, 0) is 31.2 Å². The van der Waals surface area contributed by atoms with Crippen molar-refractivity contribution < 1.29 is 19.5 Å². The molecule has 1 spiro atoms. The first-order chi connectivity index (χ1) is 17.2. The lowest BCUT2D eigenvalue weighted by atomic mass is 9.61. The monoisotopic (exact) mass is 494 g/mol. The van der Waals surface area contributed by atoms with Crippen molar-refractivity contribution in [1.29, 1.82) is 5.26 Å². The van der Waals surface area contributed by atoms with Crippen molar-refractivity contribution in [3.05, 3.63) is 18.6 Å². The number of nitriles is 1. The second kappa shape index (κ2) is 8.96. The van der Waals surface area contributed by atoms with Gasteiger partial charge in [0.1, 0.15) is 18.6 Å². The Bertz CT molecular complexity index is 1240. The van der Waals surface area contributed by atoms with Crippen molar-refractivity contribution in [3.8, 4) is 6.07 Å². The summed E-state index contributed by atoms with van der Waals surface area (Å²) in [5.74, 6) is 0.852. The third-order valence-corrected chi connectivity index (χ3v) is 8.01. The van der Waals surface area contributed by atoms with Gasteiger partial charge in [0.05, 0.1) is 17.5 Å². The predicted molar refractivity (Wildman–Crippen MR) is 129 cm³/mol. The number of nitrogens with zero attached hydrogens (tertiary/aromatic N) is 7. The molecule has 36 heavy (non-hydrogen) atoms. The van der Waals surface area contributed by atoms with Gasteiger partial charge >= 0.3 is 12.1 Å². The Labute approximate surface area is 208 Å². The van der Waals surface area contributed by atoms with E-state index < -0.39 is 6.09 Å². The molecule has 2 saturated heterocycles. The van der Waals surface area contributed by atoms with E-state index in [2.05, 4.69) is 27.1 Å². The predicted octanol–water partition coefficient (Wildman–Crippen LogP) is 1.72. The second-order valence-electron chi connectivity index (χ2n) is 10.4. The quantitative estimate of drug-likeness (QED) is 0.653. The van der Waals surface area contributed by atoms with Gasteiger partial charge in [-0.2, -0.15) is 5.26 Å². The molecule has 2 aromatic rings. The number of amides is 3. The number of fused-ring (bicyclic) bond motifs is 1. The van der Waals surface area contributed by atoms with E-state index in [0.29, 0.717) is 43.6 Å². The number of hydrogen-bond acceptors (Lipinski definition) is 7. The average Bonchev–Trinajstić information content (AvgIpc) is 3.23. The summed E-state index contributed by atoms with van der Waals surface area (Å²) >= 11 is 0. The number of carbonyl (C=O) groups excluding carboxylic acids is 2. The minimum Gasteiger partial charge on any atom is -0.465 e. The molecule has 12 nitrogen and oxygen atoms in total. The Morgan fingerprint density at radius 2 is 2.03 bits per heavy atom. The number of rotatable bonds is 4. The minimum atomic E-state index is -1.01. The SMILES string of the molecule is C[C@@H]1CCN(C(=O)CC#N)C[C@@H]1N(C)c1ncnc2c1ccn2C(=O)N1CC2(CC(NC(=O)O)C2)C1. The van der Waals surface area contributed by atoms with E-state index in [9.17, 15) is 14.4 Å². The molecule has 2 aromatic heterocycles. The lowest BCUT2D eigenvalue weighted by molar-refractivity contribution is -0.131. The normalized spacial score (nSPS) is 23.0. The molecular formula is C24H30N8O4. The van der Waals surface area contributed by atoms with Gasteiger partial charge in [0.25, 0.3) is 0 Å². The summed E-state index contributed by atoms with van der Waals surface area (Å²) in [6, 6.07) is 3.61. The van der Waals surface area contributed by atoms with Crippen molar-refractivity contribution >= 4 is 34.9 Å². The first-order valence-corrected chi connectivity index (χ1v) is 12.2. The molecule has 0 bridgehead atoms. The zero-order valence-corrected chi connectivity index (χ0v) is 20.4. The van der Waals surface area contributed by atoms with Gasteiger partial charge in [-0.15, -0.1) is 0 Å². The Morgan fingerprint density at radius 3 is 2.72 bits per heavy atom. The van der Waals surface area contributed by atoms with Crippen molar-refractivity contribution in [2.45, 2.75) is 44.7 Å². The van der Waals surface area contributed by atoms with Gasteiger partial charge in [0.2, 0.25) is 5.91 Å². The third-order valence-electron chi connectivity index (χ3n) is 8.01. The number of piperidine rings is 1. The second-order valence-corrected chi connectivity index (χ2v) is 10.4. The minimum absolute atomic E-state index is 0.0120. The zero-order valence-electron chi connectivity index (χ0n) is 20.4. The summed E-state index contributed by atoms with van der Waals surface area (Å²) in [6.07, 6.45) is 4.37. The fraction of sp³-hybridized carbons (Fsp3) is 0.583. The smallest absolute Gasteiger partial charge is 0.404 e. The zero-order chi connectivity index (χ0) is 25.6. The summed E-state index contributed by atoms with van der Waals surface area (Å²) < 4.78 is 1.54. The highest BCUT2D eigenvalue weighted by Gasteiger charge is 2.54. The summed E-state index contributed by atoms with van der Waals surface area (Å²) in [5, 5.41) is 21.0. The number of likely N-dealkylation sites (tertiary alicyclic amines) is 2. The molecule has 3 fully saturated rings. The fourth-order valence-electron chi connectivity index (χ4n) is 6.06. The molecule has 12 heteroatoms. The first kappa shape index (κ1) is 23.8. The van der Waals surface area contributed by atoms with E-state index in [1.54, 1.807) is 20.6 Å². The highest BCUT2D eigenvalue weighted by Crippen LogP contribution is 2.48. The van der Waals surface area contributed by atoms with Crippen LogP contribution in [-0.4, -0.2) is 92.8 Å². The van der Waals surface area contributed by atoms with Crippen LogP contribution in [0.3, 0.4) is 0 Å². The molecule has 0 radical (unpaired) electrons. The van der Waals surface area contributed by atoms with Crippen LogP contribution in [-0.2, 0) is 4.79 Å². The van der Waals surface area contributed by atoms with Crippen LogP contribution in [0.15, 0.2) is 18.6 Å². The molecule has 4 heterocycles. The van der Waals surface area contributed by atoms with Gasteiger partial charge in [-0.25, -0.2) is 19.6 Å². The molecule has 5 rings (SSSR count). The summed E-state index contributed by atoms with van der Waals surface area (Å²) in [6.45, 7) is 4.51. The van der Waals surface area contributed by atoms with Crippen molar-refractivity contribution in [1.82, 2.24) is 29.7 Å². The highest BCUT2D eigenvalue weighted by molar-refractivity contribution is 5.95. The number of anilines is 1. The van der Waals surface area contributed by atoms with Crippen LogP contribution in [0.4, 0.5) is 15.4 Å². The Balaban J connectivity index is 1.30. The van der Waals surface area contributed by atoms with Crippen LogP contribution >= 0.6 is 0 Å². The van der Waals surface area contributed by atoms with Gasteiger partial charge in [-0.1, -0.05) is 6.92 Å². The molecule has 3 amide bonds. The van der Waals surface area contributed by atoms with E-state index >= 15 is 0 Å². The van der Waals surface area contributed by atoms with E-state index in [-0.39, 0.29) is 35.9 Å². The maximum absolute atomic E-state index is 13.2. The Kier molecular flexibility index (Phi) is 5.94.